The molecule has 1 amide bonds. The Morgan fingerprint density at radius 2 is 2.05 bits per heavy atom. The van der Waals surface area contributed by atoms with Crippen LogP contribution in [-0.4, -0.2) is 42.1 Å². The second-order valence-corrected chi connectivity index (χ2v) is 6.29. The van der Waals surface area contributed by atoms with Gasteiger partial charge < -0.3 is 14.6 Å². The minimum atomic E-state index is 0.0399. The topological polar surface area (TPSA) is 45.3 Å². The van der Waals surface area contributed by atoms with Crippen LogP contribution < -0.4 is 0 Å². The standard InChI is InChI=1S/C17H23BrN2O2/c1-4-14(5-2)20(8-9-22-3)17(21)16-10-12-6-7-13(18)11-15(12)19-16/h6-7,10-11,14,19H,4-5,8-9H2,1-3H3. The van der Waals surface area contributed by atoms with E-state index in [1.807, 2.05) is 29.2 Å². The quantitative estimate of drug-likeness (QED) is 0.797. The van der Waals surface area contributed by atoms with Crippen molar-refractivity contribution in [2.45, 2.75) is 32.7 Å². The number of amides is 1. The summed E-state index contributed by atoms with van der Waals surface area (Å²) in [4.78, 5) is 18.0. The Bertz CT molecular complexity index is 635. The summed E-state index contributed by atoms with van der Waals surface area (Å²) in [5.41, 5.74) is 1.60. The van der Waals surface area contributed by atoms with Crippen LogP contribution in [0.4, 0.5) is 0 Å². The zero-order valence-corrected chi connectivity index (χ0v) is 14.9. The van der Waals surface area contributed by atoms with Crippen LogP contribution in [0.15, 0.2) is 28.7 Å². The molecule has 0 atom stereocenters. The number of H-pyrrole nitrogens is 1. The van der Waals surface area contributed by atoms with Crippen LogP contribution in [-0.2, 0) is 4.74 Å². The number of aromatic amines is 1. The molecule has 1 N–H and O–H groups in total. The number of fused-ring (bicyclic) bond motifs is 1. The van der Waals surface area contributed by atoms with E-state index < -0.39 is 0 Å². The molecule has 0 aliphatic carbocycles. The molecular formula is C17H23BrN2O2. The summed E-state index contributed by atoms with van der Waals surface area (Å²) >= 11 is 3.46. The molecule has 2 rings (SSSR count). The molecule has 0 spiro atoms. The number of methoxy groups -OCH3 is 1. The van der Waals surface area contributed by atoms with Crippen molar-refractivity contribution in [3.05, 3.63) is 34.4 Å². The predicted octanol–water partition coefficient (Wildman–Crippen LogP) is 4.21. The molecule has 1 aromatic carbocycles. The van der Waals surface area contributed by atoms with Crippen LogP contribution in [0.1, 0.15) is 37.2 Å². The third-order valence-electron chi connectivity index (χ3n) is 4.00. The number of nitrogens with zero attached hydrogens (tertiary/aromatic N) is 1. The van der Waals surface area contributed by atoms with Gasteiger partial charge in [-0.05, 0) is 31.0 Å². The van der Waals surface area contributed by atoms with Gasteiger partial charge in [-0.3, -0.25) is 4.79 Å². The Balaban J connectivity index is 2.30. The van der Waals surface area contributed by atoms with Gasteiger partial charge in [-0.2, -0.15) is 0 Å². The largest absolute Gasteiger partial charge is 0.383 e. The molecule has 1 aromatic heterocycles. The van der Waals surface area contributed by atoms with Crippen molar-refractivity contribution in [1.82, 2.24) is 9.88 Å². The fraction of sp³-hybridized carbons (Fsp3) is 0.471. The van der Waals surface area contributed by atoms with Crippen molar-refractivity contribution in [3.8, 4) is 0 Å². The summed E-state index contributed by atoms with van der Waals surface area (Å²) in [6.07, 6.45) is 1.88. The number of halogens is 1. The molecule has 0 aliphatic rings. The maximum absolute atomic E-state index is 12.9. The molecule has 0 unspecified atom stereocenters. The first-order chi connectivity index (χ1) is 10.6. The average Bonchev–Trinajstić information content (AvgIpc) is 2.93. The summed E-state index contributed by atoms with van der Waals surface area (Å²) in [6.45, 7) is 5.39. The fourth-order valence-corrected chi connectivity index (χ4v) is 3.10. The number of aromatic nitrogens is 1. The predicted molar refractivity (Wildman–Crippen MR) is 93.3 cm³/mol. The molecule has 4 nitrogen and oxygen atoms in total. The minimum Gasteiger partial charge on any atom is -0.383 e. The van der Waals surface area contributed by atoms with Crippen LogP contribution in [0.3, 0.4) is 0 Å². The van der Waals surface area contributed by atoms with Crippen molar-refractivity contribution in [3.63, 3.8) is 0 Å². The van der Waals surface area contributed by atoms with E-state index >= 15 is 0 Å². The summed E-state index contributed by atoms with van der Waals surface area (Å²) in [5, 5.41) is 1.04. The SMILES string of the molecule is CCC(CC)N(CCOC)C(=O)c1cc2ccc(Br)cc2[nH]1. The van der Waals surface area contributed by atoms with Crippen LogP contribution >= 0.6 is 15.9 Å². The maximum atomic E-state index is 12.9. The first-order valence-corrected chi connectivity index (χ1v) is 8.48. The normalized spacial score (nSPS) is 11.3. The summed E-state index contributed by atoms with van der Waals surface area (Å²) < 4.78 is 6.16. The molecule has 120 valence electrons. The van der Waals surface area contributed by atoms with E-state index in [2.05, 4.69) is 34.8 Å². The number of carbonyl (C=O) groups is 1. The van der Waals surface area contributed by atoms with Gasteiger partial charge in [0.1, 0.15) is 5.69 Å². The Morgan fingerprint density at radius 1 is 1.32 bits per heavy atom. The highest BCUT2D eigenvalue weighted by Gasteiger charge is 2.23. The molecule has 22 heavy (non-hydrogen) atoms. The molecule has 0 fully saturated rings. The van der Waals surface area contributed by atoms with E-state index in [1.54, 1.807) is 7.11 Å². The highest BCUT2D eigenvalue weighted by Crippen LogP contribution is 2.22. The number of carbonyl (C=O) groups excluding carboxylic acids is 1. The van der Waals surface area contributed by atoms with E-state index in [9.17, 15) is 4.79 Å². The lowest BCUT2D eigenvalue weighted by molar-refractivity contribution is 0.0584. The molecule has 0 aliphatic heterocycles. The Morgan fingerprint density at radius 3 is 2.68 bits per heavy atom. The van der Waals surface area contributed by atoms with Crippen molar-refractivity contribution in [2.75, 3.05) is 20.3 Å². The van der Waals surface area contributed by atoms with E-state index in [-0.39, 0.29) is 11.9 Å². The highest BCUT2D eigenvalue weighted by atomic mass is 79.9. The number of rotatable bonds is 7. The molecule has 0 radical (unpaired) electrons. The number of benzene rings is 1. The van der Waals surface area contributed by atoms with E-state index in [0.29, 0.717) is 18.8 Å². The van der Waals surface area contributed by atoms with Gasteiger partial charge in [0.25, 0.3) is 5.91 Å². The Labute approximate surface area is 140 Å². The Hall–Kier alpha value is -1.33. The van der Waals surface area contributed by atoms with Crippen LogP contribution in [0.5, 0.6) is 0 Å². The summed E-state index contributed by atoms with van der Waals surface area (Å²) in [6, 6.07) is 8.13. The molecule has 0 bridgehead atoms. The van der Waals surface area contributed by atoms with Gasteiger partial charge in [0, 0.05) is 35.1 Å². The smallest absolute Gasteiger partial charge is 0.270 e. The van der Waals surface area contributed by atoms with Gasteiger partial charge in [0.15, 0.2) is 0 Å². The summed E-state index contributed by atoms with van der Waals surface area (Å²) in [5.74, 6) is 0.0399. The molecule has 0 saturated heterocycles. The first-order valence-electron chi connectivity index (χ1n) is 7.68. The lowest BCUT2D eigenvalue weighted by atomic mass is 10.1. The van der Waals surface area contributed by atoms with Gasteiger partial charge in [0.2, 0.25) is 0 Å². The second-order valence-electron chi connectivity index (χ2n) is 5.38. The van der Waals surface area contributed by atoms with E-state index in [4.69, 9.17) is 4.74 Å². The minimum absolute atomic E-state index is 0.0399. The van der Waals surface area contributed by atoms with Gasteiger partial charge in [-0.25, -0.2) is 0 Å². The van der Waals surface area contributed by atoms with Crippen molar-refractivity contribution >= 4 is 32.7 Å². The lowest BCUT2D eigenvalue weighted by Gasteiger charge is -2.30. The van der Waals surface area contributed by atoms with E-state index in [0.717, 1.165) is 28.2 Å². The van der Waals surface area contributed by atoms with Gasteiger partial charge in [-0.15, -0.1) is 0 Å². The van der Waals surface area contributed by atoms with Gasteiger partial charge >= 0.3 is 0 Å². The average molecular weight is 367 g/mol. The number of hydrogen-bond donors (Lipinski definition) is 1. The zero-order chi connectivity index (χ0) is 16.1. The first kappa shape index (κ1) is 17.0. The van der Waals surface area contributed by atoms with Crippen molar-refractivity contribution in [2.24, 2.45) is 0 Å². The number of ether oxygens (including phenoxy) is 1. The third kappa shape index (κ3) is 3.70. The van der Waals surface area contributed by atoms with Gasteiger partial charge in [0.05, 0.1) is 6.61 Å². The van der Waals surface area contributed by atoms with Crippen molar-refractivity contribution < 1.29 is 9.53 Å². The van der Waals surface area contributed by atoms with Gasteiger partial charge in [-0.1, -0.05) is 35.8 Å². The lowest BCUT2D eigenvalue weighted by Crippen LogP contribution is -2.42. The monoisotopic (exact) mass is 366 g/mol. The maximum Gasteiger partial charge on any atom is 0.270 e. The number of nitrogens with one attached hydrogen (secondary N) is 1. The molecular weight excluding hydrogens is 344 g/mol. The third-order valence-corrected chi connectivity index (χ3v) is 4.49. The van der Waals surface area contributed by atoms with Crippen LogP contribution in [0, 0.1) is 0 Å². The molecule has 5 heteroatoms. The molecule has 0 saturated carbocycles. The highest BCUT2D eigenvalue weighted by molar-refractivity contribution is 9.10. The van der Waals surface area contributed by atoms with E-state index in [1.165, 1.54) is 0 Å². The molecule has 1 heterocycles. The summed E-state index contributed by atoms with van der Waals surface area (Å²) in [7, 11) is 1.66. The van der Waals surface area contributed by atoms with Crippen LogP contribution in [0.25, 0.3) is 10.9 Å². The second kappa shape index (κ2) is 7.79. The molecule has 2 aromatic rings. The Kier molecular flexibility index (Phi) is 6.03. The fourth-order valence-electron chi connectivity index (χ4n) is 2.74. The zero-order valence-electron chi connectivity index (χ0n) is 13.4. The van der Waals surface area contributed by atoms with Crippen molar-refractivity contribution in [1.29, 1.82) is 0 Å². The number of hydrogen-bond acceptors (Lipinski definition) is 2. The van der Waals surface area contributed by atoms with Crippen LogP contribution in [0.2, 0.25) is 0 Å².